The maximum Gasteiger partial charge on any atom is 0.193 e. The minimum absolute atomic E-state index is 0.487. The number of nitrogens with one attached hydrogen (secondary N) is 1. The van der Waals surface area contributed by atoms with Gasteiger partial charge in [0, 0.05) is 45.2 Å². The summed E-state index contributed by atoms with van der Waals surface area (Å²) >= 11 is 1.69. The van der Waals surface area contributed by atoms with E-state index in [1.165, 1.54) is 0 Å². The number of guanidine groups is 1. The third-order valence-electron chi connectivity index (χ3n) is 4.39. The molecule has 0 bridgehead atoms. The van der Waals surface area contributed by atoms with E-state index < -0.39 is 0 Å². The predicted molar refractivity (Wildman–Crippen MR) is 101 cm³/mol. The number of nitrogens with zero attached hydrogens (tertiary/aromatic N) is 4. The van der Waals surface area contributed by atoms with Crippen LogP contribution in [-0.2, 0) is 11.3 Å². The van der Waals surface area contributed by atoms with Crippen molar-refractivity contribution in [3.8, 4) is 0 Å². The molecule has 0 radical (unpaired) electrons. The Bertz CT molecular complexity index is 525. The van der Waals surface area contributed by atoms with E-state index in [2.05, 4.69) is 51.4 Å². The zero-order valence-electron chi connectivity index (χ0n) is 15.6. The molecule has 1 aromatic heterocycles. The lowest BCUT2D eigenvalue weighted by Crippen LogP contribution is -2.52. The van der Waals surface area contributed by atoms with E-state index in [-0.39, 0.29) is 0 Å². The van der Waals surface area contributed by atoms with Crippen LogP contribution in [0.1, 0.15) is 24.5 Å². The first-order valence-electron chi connectivity index (χ1n) is 8.65. The summed E-state index contributed by atoms with van der Waals surface area (Å²) in [6.45, 7) is 12.0. The van der Waals surface area contributed by atoms with E-state index in [0.29, 0.717) is 12.0 Å². The Morgan fingerprint density at radius 2 is 2.17 bits per heavy atom. The zero-order valence-corrected chi connectivity index (χ0v) is 16.4. The minimum Gasteiger partial charge on any atom is -0.379 e. The van der Waals surface area contributed by atoms with E-state index in [4.69, 9.17) is 4.74 Å². The molecule has 1 atom stereocenters. The molecule has 2 rings (SSSR count). The van der Waals surface area contributed by atoms with Crippen LogP contribution in [-0.4, -0.2) is 73.7 Å². The Kier molecular flexibility index (Phi) is 7.45. The number of hydrogen-bond donors (Lipinski definition) is 1. The van der Waals surface area contributed by atoms with Crippen LogP contribution in [0.3, 0.4) is 0 Å². The van der Waals surface area contributed by atoms with Crippen LogP contribution in [0.5, 0.6) is 0 Å². The van der Waals surface area contributed by atoms with Gasteiger partial charge in [-0.1, -0.05) is 13.8 Å². The van der Waals surface area contributed by atoms with Crippen molar-refractivity contribution in [3.63, 3.8) is 0 Å². The van der Waals surface area contributed by atoms with Gasteiger partial charge in [0.2, 0.25) is 0 Å². The summed E-state index contributed by atoms with van der Waals surface area (Å²) < 4.78 is 5.48. The summed E-state index contributed by atoms with van der Waals surface area (Å²) in [7, 11) is 3.90. The molecule has 1 aliphatic rings. The molecular weight excluding hydrogens is 322 g/mol. The van der Waals surface area contributed by atoms with Crippen LogP contribution in [0.15, 0.2) is 10.4 Å². The average molecular weight is 354 g/mol. The molecule has 1 N–H and O–H groups in total. The molecule has 0 aliphatic carbocycles. The molecule has 0 amide bonds. The lowest BCUT2D eigenvalue weighted by atomic mass is 10.0. The molecule has 136 valence electrons. The van der Waals surface area contributed by atoms with Crippen LogP contribution in [0.25, 0.3) is 0 Å². The first kappa shape index (κ1) is 19.1. The van der Waals surface area contributed by atoms with E-state index in [1.807, 2.05) is 14.0 Å². The van der Waals surface area contributed by atoms with E-state index in [0.717, 1.165) is 56.1 Å². The van der Waals surface area contributed by atoms with Gasteiger partial charge in [-0.2, -0.15) is 0 Å². The number of rotatable bonds is 6. The zero-order chi connectivity index (χ0) is 17.5. The highest BCUT2D eigenvalue weighted by Crippen LogP contribution is 2.13. The van der Waals surface area contributed by atoms with E-state index in [9.17, 15) is 0 Å². The molecule has 1 fully saturated rings. The quantitative estimate of drug-likeness (QED) is 0.624. The van der Waals surface area contributed by atoms with Crippen molar-refractivity contribution in [3.05, 3.63) is 16.1 Å². The monoisotopic (exact) mass is 353 g/mol. The Balaban J connectivity index is 1.90. The lowest BCUT2D eigenvalue weighted by molar-refractivity contribution is 0.00741. The highest BCUT2D eigenvalue weighted by molar-refractivity contribution is 7.09. The maximum absolute atomic E-state index is 5.48. The summed E-state index contributed by atoms with van der Waals surface area (Å²) in [5.41, 5.74) is 1.09. The summed E-state index contributed by atoms with van der Waals surface area (Å²) in [6, 6.07) is 0.487. The topological polar surface area (TPSA) is 53.0 Å². The van der Waals surface area contributed by atoms with Crippen molar-refractivity contribution in [2.45, 2.75) is 33.4 Å². The molecule has 24 heavy (non-hydrogen) atoms. The molecule has 1 saturated heterocycles. The minimum atomic E-state index is 0.487. The molecule has 2 heterocycles. The largest absolute Gasteiger partial charge is 0.379 e. The van der Waals surface area contributed by atoms with Gasteiger partial charge >= 0.3 is 0 Å². The first-order chi connectivity index (χ1) is 11.5. The van der Waals surface area contributed by atoms with E-state index in [1.54, 1.807) is 11.3 Å². The van der Waals surface area contributed by atoms with Crippen molar-refractivity contribution < 1.29 is 4.74 Å². The fraction of sp³-hybridized carbons (Fsp3) is 0.765. The summed E-state index contributed by atoms with van der Waals surface area (Å²) in [5, 5.41) is 6.76. The van der Waals surface area contributed by atoms with E-state index >= 15 is 0 Å². The fourth-order valence-corrected chi connectivity index (χ4v) is 3.68. The van der Waals surface area contributed by atoms with Gasteiger partial charge in [-0.25, -0.2) is 4.98 Å². The molecule has 0 aromatic carbocycles. The van der Waals surface area contributed by atoms with Crippen molar-refractivity contribution >= 4 is 17.3 Å². The predicted octanol–water partition coefficient (Wildman–Crippen LogP) is 1.82. The lowest BCUT2D eigenvalue weighted by Gasteiger charge is -2.37. The van der Waals surface area contributed by atoms with Gasteiger partial charge in [0.25, 0.3) is 0 Å². The van der Waals surface area contributed by atoms with Gasteiger partial charge in [-0.15, -0.1) is 11.3 Å². The number of ether oxygens (including phenoxy) is 1. The summed E-state index contributed by atoms with van der Waals surface area (Å²) in [6.07, 6.45) is 0. The molecule has 0 spiro atoms. The van der Waals surface area contributed by atoms with Crippen LogP contribution >= 0.6 is 11.3 Å². The Labute approximate surface area is 149 Å². The Morgan fingerprint density at radius 3 is 2.71 bits per heavy atom. The molecule has 1 aromatic rings. The number of hydrogen-bond acceptors (Lipinski definition) is 5. The van der Waals surface area contributed by atoms with Gasteiger partial charge in [0.1, 0.15) is 0 Å². The van der Waals surface area contributed by atoms with Gasteiger partial charge in [0.15, 0.2) is 5.96 Å². The van der Waals surface area contributed by atoms with Crippen LogP contribution < -0.4 is 5.32 Å². The molecular formula is C17H31N5OS. The SMILES string of the molecule is CN=C(NCC(C(C)C)N1CCOCC1)N(C)Cc1csc(C)n1. The third-order valence-corrected chi connectivity index (χ3v) is 5.21. The molecule has 1 unspecified atom stereocenters. The average Bonchev–Trinajstić information content (AvgIpc) is 2.97. The third kappa shape index (κ3) is 5.43. The van der Waals surface area contributed by atoms with Gasteiger partial charge in [-0.3, -0.25) is 9.89 Å². The highest BCUT2D eigenvalue weighted by Gasteiger charge is 2.24. The van der Waals surface area contributed by atoms with Gasteiger partial charge < -0.3 is 15.0 Å². The smallest absolute Gasteiger partial charge is 0.193 e. The van der Waals surface area contributed by atoms with Crippen molar-refractivity contribution in [2.75, 3.05) is 46.9 Å². The second-order valence-corrected chi connectivity index (χ2v) is 7.66. The molecule has 0 saturated carbocycles. The Morgan fingerprint density at radius 1 is 1.46 bits per heavy atom. The molecule has 7 heteroatoms. The van der Waals surface area contributed by atoms with Crippen molar-refractivity contribution in [1.29, 1.82) is 0 Å². The first-order valence-corrected chi connectivity index (χ1v) is 9.53. The van der Waals surface area contributed by atoms with Crippen LogP contribution in [0.2, 0.25) is 0 Å². The number of aryl methyl sites for hydroxylation is 1. The second kappa shape index (κ2) is 9.34. The molecule has 6 nitrogen and oxygen atoms in total. The number of aromatic nitrogens is 1. The fourth-order valence-electron chi connectivity index (χ4n) is 3.07. The van der Waals surface area contributed by atoms with Crippen LogP contribution in [0.4, 0.5) is 0 Å². The summed E-state index contributed by atoms with van der Waals surface area (Å²) in [5.74, 6) is 1.50. The molecule has 1 aliphatic heterocycles. The van der Waals surface area contributed by atoms with Gasteiger partial charge in [-0.05, 0) is 12.8 Å². The Hall–Kier alpha value is -1.18. The van der Waals surface area contributed by atoms with Crippen molar-refractivity contribution in [1.82, 2.24) is 20.1 Å². The summed E-state index contributed by atoms with van der Waals surface area (Å²) in [4.78, 5) is 13.6. The van der Waals surface area contributed by atoms with Crippen LogP contribution in [0, 0.1) is 12.8 Å². The number of thiazole rings is 1. The number of morpholine rings is 1. The normalized spacial score (nSPS) is 18.0. The standard InChI is InChI=1S/C17H31N5OS/c1-13(2)16(22-6-8-23-9-7-22)10-19-17(18-4)21(5)11-15-12-24-14(3)20-15/h12-13,16H,6-11H2,1-5H3,(H,18,19). The van der Waals surface area contributed by atoms with Gasteiger partial charge in [0.05, 0.1) is 30.5 Å². The highest BCUT2D eigenvalue weighted by atomic mass is 32.1. The number of aliphatic imine (C=N–C) groups is 1. The second-order valence-electron chi connectivity index (χ2n) is 6.60. The maximum atomic E-state index is 5.48. The van der Waals surface area contributed by atoms with Crippen molar-refractivity contribution in [2.24, 2.45) is 10.9 Å².